The Hall–Kier alpha value is -0.680. The van der Waals surface area contributed by atoms with Gasteiger partial charge in [-0.15, -0.1) is 0 Å². The Morgan fingerprint density at radius 1 is 1.20 bits per heavy atom. The molecule has 20 heavy (non-hydrogen) atoms. The average molecular weight is 342 g/mol. The minimum absolute atomic E-state index is 0.353. The number of halogens is 1. The maximum Gasteiger partial charge on any atom is 0.162 e. The molecule has 2 N–H and O–H groups in total. The van der Waals surface area contributed by atoms with Crippen LogP contribution < -0.4 is 5.73 Å². The van der Waals surface area contributed by atoms with E-state index in [2.05, 4.69) is 27.8 Å². The Morgan fingerprint density at radius 2 is 1.85 bits per heavy atom. The lowest BCUT2D eigenvalue weighted by Gasteiger charge is -2.30. The molecule has 1 heterocycles. The normalized spacial score (nSPS) is 18.8. The van der Waals surface area contributed by atoms with Gasteiger partial charge in [-0.05, 0) is 35.2 Å². The van der Waals surface area contributed by atoms with Crippen LogP contribution in [0.1, 0.15) is 63.4 Å². The first kappa shape index (κ1) is 15.7. The van der Waals surface area contributed by atoms with Crippen molar-refractivity contribution in [3.63, 3.8) is 0 Å². The third kappa shape index (κ3) is 3.14. The molecule has 0 bridgehead atoms. The molecule has 0 unspecified atom stereocenters. The van der Waals surface area contributed by atoms with E-state index in [-0.39, 0.29) is 5.60 Å². The zero-order valence-corrected chi connectivity index (χ0v) is 14.0. The number of methoxy groups -OCH3 is 1. The molecule has 1 aliphatic carbocycles. The molecular weight excluding hydrogens is 318 g/mol. The lowest BCUT2D eigenvalue weighted by molar-refractivity contribution is -0.0352. The molecule has 112 valence electrons. The topological polar surface area (TPSA) is 61.0 Å². The summed E-state index contributed by atoms with van der Waals surface area (Å²) in [6.45, 7) is 2.14. The van der Waals surface area contributed by atoms with Gasteiger partial charge in [0.25, 0.3) is 0 Å². The lowest BCUT2D eigenvalue weighted by atomic mass is 9.93. The molecule has 0 atom stereocenters. The van der Waals surface area contributed by atoms with Gasteiger partial charge in [0, 0.05) is 7.11 Å². The van der Waals surface area contributed by atoms with Crippen LogP contribution in [0.5, 0.6) is 0 Å². The van der Waals surface area contributed by atoms with Crippen molar-refractivity contribution in [2.75, 3.05) is 12.8 Å². The van der Waals surface area contributed by atoms with Gasteiger partial charge in [0.2, 0.25) is 0 Å². The lowest BCUT2D eigenvalue weighted by Crippen LogP contribution is -2.31. The van der Waals surface area contributed by atoms with Crippen LogP contribution in [0.25, 0.3) is 0 Å². The number of anilines is 1. The maximum atomic E-state index is 6.06. The highest BCUT2D eigenvalue weighted by Gasteiger charge is 2.36. The van der Waals surface area contributed by atoms with E-state index >= 15 is 0 Å². The van der Waals surface area contributed by atoms with Crippen molar-refractivity contribution < 1.29 is 4.74 Å². The molecule has 1 aliphatic rings. The zero-order chi connectivity index (χ0) is 14.6. The van der Waals surface area contributed by atoms with E-state index in [0.717, 1.165) is 54.5 Å². The number of rotatable bonds is 4. The maximum absolute atomic E-state index is 6.06. The first-order valence-electron chi connectivity index (χ1n) is 7.50. The van der Waals surface area contributed by atoms with Crippen LogP contribution >= 0.6 is 15.9 Å². The molecule has 2 rings (SSSR count). The summed E-state index contributed by atoms with van der Waals surface area (Å²) in [6, 6.07) is 0. The summed E-state index contributed by atoms with van der Waals surface area (Å²) in [6.07, 6.45) is 8.76. The average Bonchev–Trinajstić information content (AvgIpc) is 2.70. The molecule has 4 nitrogen and oxygen atoms in total. The van der Waals surface area contributed by atoms with Crippen molar-refractivity contribution in [3.05, 3.63) is 16.0 Å². The predicted molar refractivity (Wildman–Crippen MR) is 84.5 cm³/mol. The van der Waals surface area contributed by atoms with Gasteiger partial charge >= 0.3 is 0 Å². The summed E-state index contributed by atoms with van der Waals surface area (Å²) >= 11 is 3.50. The summed E-state index contributed by atoms with van der Waals surface area (Å²) in [5.74, 6) is 1.30. The minimum Gasteiger partial charge on any atom is -0.383 e. The standard InChI is InChI=1S/C15H24BrN3O/c1-3-8-11-12(16)13(17)19-14(18-11)15(20-2)9-6-4-5-7-10-15/h3-10H2,1-2H3,(H2,17,18,19). The van der Waals surface area contributed by atoms with E-state index in [9.17, 15) is 0 Å². The fourth-order valence-corrected chi connectivity index (χ4v) is 3.31. The zero-order valence-electron chi connectivity index (χ0n) is 12.4. The number of hydrogen-bond acceptors (Lipinski definition) is 4. The monoisotopic (exact) mass is 341 g/mol. The molecule has 0 saturated heterocycles. The fraction of sp³-hybridized carbons (Fsp3) is 0.733. The van der Waals surface area contributed by atoms with E-state index in [1.54, 1.807) is 7.11 Å². The number of nitrogens with two attached hydrogens (primary N) is 1. The van der Waals surface area contributed by atoms with Crippen molar-refractivity contribution in [2.45, 2.75) is 63.9 Å². The highest BCUT2D eigenvalue weighted by Crippen LogP contribution is 2.38. The van der Waals surface area contributed by atoms with Crippen LogP contribution in [0.3, 0.4) is 0 Å². The molecule has 0 amide bonds. The van der Waals surface area contributed by atoms with Crippen LogP contribution in [0.2, 0.25) is 0 Å². The van der Waals surface area contributed by atoms with Gasteiger partial charge in [-0.3, -0.25) is 0 Å². The molecule has 0 radical (unpaired) electrons. The van der Waals surface area contributed by atoms with E-state index in [1.165, 1.54) is 12.8 Å². The number of aryl methyl sites for hydroxylation is 1. The Bertz CT molecular complexity index is 457. The predicted octanol–water partition coefficient (Wildman–Crippen LogP) is 3.97. The second-order valence-corrected chi connectivity index (χ2v) is 6.35. The third-order valence-electron chi connectivity index (χ3n) is 4.14. The Balaban J connectivity index is 2.43. The summed E-state index contributed by atoms with van der Waals surface area (Å²) in [5, 5.41) is 0. The second-order valence-electron chi connectivity index (χ2n) is 5.56. The van der Waals surface area contributed by atoms with Crippen LogP contribution in [0, 0.1) is 0 Å². The van der Waals surface area contributed by atoms with E-state index < -0.39 is 0 Å². The Labute approximate surface area is 129 Å². The molecular formula is C15H24BrN3O. The van der Waals surface area contributed by atoms with Crippen LogP contribution in [-0.4, -0.2) is 17.1 Å². The summed E-state index contributed by atoms with van der Waals surface area (Å²) in [5.41, 5.74) is 6.70. The molecule has 1 aromatic rings. The largest absolute Gasteiger partial charge is 0.383 e. The van der Waals surface area contributed by atoms with Gasteiger partial charge in [0.05, 0.1) is 10.2 Å². The van der Waals surface area contributed by atoms with Crippen LogP contribution in [-0.2, 0) is 16.8 Å². The second kappa shape index (κ2) is 6.85. The first-order valence-corrected chi connectivity index (χ1v) is 8.30. The quantitative estimate of drug-likeness (QED) is 0.841. The van der Waals surface area contributed by atoms with Crippen molar-refractivity contribution in [3.8, 4) is 0 Å². The molecule has 1 aromatic heterocycles. The molecule has 1 saturated carbocycles. The van der Waals surface area contributed by atoms with Crippen LogP contribution in [0.4, 0.5) is 5.82 Å². The van der Waals surface area contributed by atoms with Gasteiger partial charge in [0.15, 0.2) is 5.82 Å². The van der Waals surface area contributed by atoms with Crippen molar-refractivity contribution in [1.29, 1.82) is 0 Å². The van der Waals surface area contributed by atoms with Gasteiger partial charge in [-0.25, -0.2) is 9.97 Å². The number of nitrogens with zero attached hydrogens (tertiary/aromatic N) is 2. The van der Waals surface area contributed by atoms with Gasteiger partial charge in [-0.1, -0.05) is 39.0 Å². The molecule has 0 aromatic carbocycles. The highest BCUT2D eigenvalue weighted by molar-refractivity contribution is 9.10. The summed E-state index contributed by atoms with van der Waals surface area (Å²) < 4.78 is 6.71. The number of nitrogen functional groups attached to an aromatic ring is 1. The fourth-order valence-electron chi connectivity index (χ4n) is 2.94. The van der Waals surface area contributed by atoms with Gasteiger partial charge in [-0.2, -0.15) is 0 Å². The third-order valence-corrected chi connectivity index (χ3v) is 5.01. The first-order chi connectivity index (χ1) is 9.63. The molecule has 0 aliphatic heterocycles. The summed E-state index contributed by atoms with van der Waals surface area (Å²) in [7, 11) is 1.77. The number of ether oxygens (including phenoxy) is 1. The van der Waals surface area contributed by atoms with Gasteiger partial charge in [0.1, 0.15) is 11.4 Å². The molecule has 5 heteroatoms. The van der Waals surface area contributed by atoms with Crippen molar-refractivity contribution in [2.24, 2.45) is 0 Å². The Morgan fingerprint density at radius 3 is 2.40 bits per heavy atom. The van der Waals surface area contributed by atoms with Crippen molar-refractivity contribution >= 4 is 21.7 Å². The van der Waals surface area contributed by atoms with E-state index in [0.29, 0.717) is 5.82 Å². The smallest absolute Gasteiger partial charge is 0.162 e. The Kier molecular flexibility index (Phi) is 5.38. The SMILES string of the molecule is CCCc1nc(C2(OC)CCCCCC2)nc(N)c1Br. The number of hydrogen-bond donors (Lipinski definition) is 1. The van der Waals surface area contributed by atoms with Gasteiger partial charge < -0.3 is 10.5 Å². The summed E-state index contributed by atoms with van der Waals surface area (Å²) in [4.78, 5) is 9.29. The van der Waals surface area contributed by atoms with Crippen molar-refractivity contribution in [1.82, 2.24) is 9.97 Å². The molecule has 1 fully saturated rings. The van der Waals surface area contributed by atoms with Crippen LogP contribution in [0.15, 0.2) is 4.47 Å². The van der Waals surface area contributed by atoms with E-state index in [1.807, 2.05) is 0 Å². The number of aromatic nitrogens is 2. The minimum atomic E-state index is -0.353. The van der Waals surface area contributed by atoms with E-state index in [4.69, 9.17) is 15.5 Å². The molecule has 0 spiro atoms. The highest BCUT2D eigenvalue weighted by atomic mass is 79.9.